The van der Waals surface area contributed by atoms with Crippen LogP contribution in [-0.2, 0) is 0 Å². The molecule has 0 unspecified atom stereocenters. The van der Waals surface area contributed by atoms with Crippen LogP contribution < -0.4 is 5.73 Å². The lowest BCUT2D eigenvalue weighted by Crippen LogP contribution is -2.12. The highest BCUT2D eigenvalue weighted by Crippen LogP contribution is 2.20. The van der Waals surface area contributed by atoms with Crippen LogP contribution in [-0.4, -0.2) is 20.7 Å². The highest BCUT2D eigenvalue weighted by molar-refractivity contribution is 6.04. The molecule has 0 fully saturated rings. The monoisotopic (exact) mass is 238 g/mol. The second-order valence-electron chi connectivity index (χ2n) is 3.83. The van der Waals surface area contributed by atoms with Crippen molar-refractivity contribution in [2.24, 2.45) is 5.73 Å². The molecule has 2 N–H and O–H groups in total. The largest absolute Gasteiger partial charge is 0.364 e. The minimum absolute atomic E-state index is 0.260. The molecule has 88 valence electrons. The number of hydrogen-bond acceptors (Lipinski definition) is 3. The number of rotatable bonds is 2. The SMILES string of the molecule is NC(=O)c1nn(-c2ccccn2)c2ccccc12. The van der Waals surface area contributed by atoms with Crippen LogP contribution in [0.2, 0.25) is 0 Å². The van der Waals surface area contributed by atoms with Gasteiger partial charge in [0.25, 0.3) is 5.91 Å². The molecule has 2 heterocycles. The number of amides is 1. The number of aromatic nitrogens is 3. The van der Waals surface area contributed by atoms with E-state index in [2.05, 4.69) is 10.1 Å². The van der Waals surface area contributed by atoms with Crippen LogP contribution in [0.5, 0.6) is 0 Å². The predicted molar refractivity (Wildman–Crippen MR) is 67.4 cm³/mol. The highest BCUT2D eigenvalue weighted by atomic mass is 16.1. The van der Waals surface area contributed by atoms with Gasteiger partial charge in [-0.2, -0.15) is 5.10 Å². The predicted octanol–water partition coefficient (Wildman–Crippen LogP) is 1.52. The Kier molecular flexibility index (Phi) is 2.30. The molecule has 3 aromatic rings. The summed E-state index contributed by atoms with van der Waals surface area (Å²) < 4.78 is 1.62. The van der Waals surface area contributed by atoms with E-state index in [1.54, 1.807) is 10.9 Å². The summed E-state index contributed by atoms with van der Waals surface area (Å²) in [6, 6.07) is 12.9. The quantitative estimate of drug-likeness (QED) is 0.735. The first-order valence-electron chi connectivity index (χ1n) is 5.46. The number of para-hydroxylation sites is 1. The Bertz CT molecular complexity index is 718. The minimum atomic E-state index is -0.541. The standard InChI is InChI=1S/C13H10N4O/c14-13(18)12-9-5-1-2-6-10(9)17(16-12)11-7-3-4-8-15-11/h1-8H,(H2,14,18). The van der Waals surface area contributed by atoms with Crippen molar-refractivity contribution >= 4 is 16.8 Å². The lowest BCUT2D eigenvalue weighted by atomic mass is 10.2. The number of nitrogens with zero attached hydrogens (tertiary/aromatic N) is 3. The van der Waals surface area contributed by atoms with Crippen LogP contribution in [0.25, 0.3) is 16.7 Å². The Hall–Kier alpha value is -2.69. The molecule has 3 rings (SSSR count). The average Bonchev–Trinajstić information content (AvgIpc) is 2.79. The van der Waals surface area contributed by atoms with Crippen molar-refractivity contribution in [3.05, 3.63) is 54.4 Å². The first kappa shape index (κ1) is 10.5. The fourth-order valence-corrected chi connectivity index (χ4v) is 1.90. The van der Waals surface area contributed by atoms with Gasteiger partial charge in [0.2, 0.25) is 0 Å². The van der Waals surface area contributed by atoms with Crippen LogP contribution in [0.1, 0.15) is 10.5 Å². The van der Waals surface area contributed by atoms with Gasteiger partial charge in [-0.25, -0.2) is 9.67 Å². The number of carbonyl (C=O) groups is 1. The molecule has 0 aliphatic heterocycles. The molecule has 0 atom stereocenters. The van der Waals surface area contributed by atoms with E-state index in [0.29, 0.717) is 5.82 Å². The van der Waals surface area contributed by atoms with E-state index in [9.17, 15) is 4.79 Å². The van der Waals surface area contributed by atoms with Gasteiger partial charge in [0.1, 0.15) is 0 Å². The minimum Gasteiger partial charge on any atom is -0.364 e. The number of primary amides is 1. The van der Waals surface area contributed by atoms with Crippen molar-refractivity contribution in [2.75, 3.05) is 0 Å². The average molecular weight is 238 g/mol. The van der Waals surface area contributed by atoms with Gasteiger partial charge in [-0.05, 0) is 18.2 Å². The van der Waals surface area contributed by atoms with Crippen LogP contribution in [0.15, 0.2) is 48.7 Å². The Labute approximate surface area is 103 Å². The van der Waals surface area contributed by atoms with Gasteiger partial charge >= 0.3 is 0 Å². The summed E-state index contributed by atoms with van der Waals surface area (Å²) in [6.45, 7) is 0. The number of pyridine rings is 1. The summed E-state index contributed by atoms with van der Waals surface area (Å²) in [7, 11) is 0. The van der Waals surface area contributed by atoms with Gasteiger partial charge in [0.15, 0.2) is 11.5 Å². The van der Waals surface area contributed by atoms with E-state index < -0.39 is 5.91 Å². The normalized spacial score (nSPS) is 10.7. The van der Waals surface area contributed by atoms with Crippen LogP contribution in [0.3, 0.4) is 0 Å². The van der Waals surface area contributed by atoms with Crippen molar-refractivity contribution in [3.63, 3.8) is 0 Å². The molecule has 0 aliphatic rings. The lowest BCUT2D eigenvalue weighted by molar-refractivity contribution is 0.0996. The first-order valence-corrected chi connectivity index (χ1v) is 5.46. The highest BCUT2D eigenvalue weighted by Gasteiger charge is 2.15. The van der Waals surface area contributed by atoms with E-state index in [1.165, 1.54) is 0 Å². The van der Waals surface area contributed by atoms with Gasteiger partial charge < -0.3 is 5.73 Å². The van der Waals surface area contributed by atoms with E-state index in [4.69, 9.17) is 5.73 Å². The van der Waals surface area contributed by atoms with E-state index in [-0.39, 0.29) is 5.69 Å². The molecule has 0 saturated carbocycles. The Balaban J connectivity index is 2.34. The van der Waals surface area contributed by atoms with Gasteiger partial charge in [-0.1, -0.05) is 24.3 Å². The number of benzene rings is 1. The zero-order valence-corrected chi connectivity index (χ0v) is 9.45. The molecule has 18 heavy (non-hydrogen) atoms. The van der Waals surface area contributed by atoms with Crippen LogP contribution in [0, 0.1) is 0 Å². The molecular formula is C13H10N4O. The second kappa shape index (κ2) is 3.96. The zero-order chi connectivity index (χ0) is 12.5. The maximum Gasteiger partial charge on any atom is 0.269 e. The third-order valence-electron chi connectivity index (χ3n) is 2.69. The van der Waals surface area contributed by atoms with E-state index in [1.807, 2.05) is 42.5 Å². The Morgan fingerprint density at radius 3 is 2.61 bits per heavy atom. The third-order valence-corrected chi connectivity index (χ3v) is 2.69. The van der Waals surface area contributed by atoms with Gasteiger partial charge in [-0.3, -0.25) is 4.79 Å². The van der Waals surface area contributed by atoms with Gasteiger partial charge in [0, 0.05) is 11.6 Å². The molecule has 0 radical (unpaired) electrons. The topological polar surface area (TPSA) is 73.8 Å². The van der Waals surface area contributed by atoms with Crippen molar-refractivity contribution in [2.45, 2.75) is 0 Å². The molecule has 1 amide bonds. The Morgan fingerprint density at radius 2 is 1.89 bits per heavy atom. The number of nitrogens with two attached hydrogens (primary N) is 1. The smallest absolute Gasteiger partial charge is 0.269 e. The fourth-order valence-electron chi connectivity index (χ4n) is 1.90. The van der Waals surface area contributed by atoms with Crippen molar-refractivity contribution in [1.29, 1.82) is 0 Å². The van der Waals surface area contributed by atoms with E-state index in [0.717, 1.165) is 10.9 Å². The van der Waals surface area contributed by atoms with Crippen molar-refractivity contribution in [3.8, 4) is 5.82 Å². The summed E-state index contributed by atoms with van der Waals surface area (Å²) in [4.78, 5) is 15.6. The summed E-state index contributed by atoms with van der Waals surface area (Å²) in [6.07, 6.45) is 1.68. The maximum absolute atomic E-state index is 11.4. The van der Waals surface area contributed by atoms with Gasteiger partial charge in [-0.15, -0.1) is 0 Å². The summed E-state index contributed by atoms with van der Waals surface area (Å²) >= 11 is 0. The number of hydrogen-bond donors (Lipinski definition) is 1. The van der Waals surface area contributed by atoms with Crippen LogP contribution >= 0.6 is 0 Å². The van der Waals surface area contributed by atoms with Crippen molar-refractivity contribution < 1.29 is 4.79 Å². The van der Waals surface area contributed by atoms with Crippen LogP contribution in [0.4, 0.5) is 0 Å². The van der Waals surface area contributed by atoms with E-state index >= 15 is 0 Å². The summed E-state index contributed by atoms with van der Waals surface area (Å²) in [5.74, 6) is 0.113. The third kappa shape index (κ3) is 1.53. The summed E-state index contributed by atoms with van der Waals surface area (Å²) in [5.41, 5.74) is 6.41. The number of fused-ring (bicyclic) bond motifs is 1. The molecule has 0 saturated heterocycles. The molecule has 5 heteroatoms. The maximum atomic E-state index is 11.4. The molecule has 2 aromatic heterocycles. The summed E-state index contributed by atoms with van der Waals surface area (Å²) in [5, 5.41) is 4.97. The molecule has 0 bridgehead atoms. The molecular weight excluding hydrogens is 228 g/mol. The van der Waals surface area contributed by atoms with Gasteiger partial charge in [0.05, 0.1) is 5.52 Å². The fraction of sp³-hybridized carbons (Fsp3) is 0. The molecule has 0 spiro atoms. The Morgan fingerprint density at radius 1 is 1.11 bits per heavy atom. The number of carbonyl (C=O) groups excluding carboxylic acids is 1. The van der Waals surface area contributed by atoms with Crippen molar-refractivity contribution in [1.82, 2.24) is 14.8 Å². The molecule has 0 aliphatic carbocycles. The zero-order valence-electron chi connectivity index (χ0n) is 9.45. The molecule has 1 aromatic carbocycles. The molecule has 5 nitrogen and oxygen atoms in total. The first-order chi connectivity index (χ1) is 8.77. The lowest BCUT2D eigenvalue weighted by Gasteiger charge is -2.00. The second-order valence-corrected chi connectivity index (χ2v) is 3.83.